The van der Waals surface area contributed by atoms with E-state index in [0.717, 1.165) is 23.7 Å². The molecule has 1 aliphatic carbocycles. The number of esters is 1. The van der Waals surface area contributed by atoms with Gasteiger partial charge < -0.3 is 10.5 Å². The molecule has 1 aromatic rings. The Balaban J connectivity index is 2.14. The van der Waals surface area contributed by atoms with Crippen LogP contribution in [-0.4, -0.2) is 13.1 Å². The van der Waals surface area contributed by atoms with Crippen LogP contribution in [0.4, 0.5) is 0 Å². The number of thiophene rings is 1. The number of methoxy groups -OCH3 is 1. The first-order chi connectivity index (χ1) is 9.96. The molecule has 2 rings (SSSR count). The Hall–Kier alpha value is -0.390. The second-order valence-electron chi connectivity index (χ2n) is 6.19. The van der Waals surface area contributed by atoms with Crippen molar-refractivity contribution in [2.45, 2.75) is 57.9 Å². The zero-order valence-corrected chi connectivity index (χ0v) is 15.2. The minimum atomic E-state index is -0.106. The lowest BCUT2D eigenvalue weighted by Gasteiger charge is -2.38. The number of halogens is 1. The Kier molecular flexibility index (Phi) is 5.86. The minimum absolute atomic E-state index is 0.0131. The lowest BCUT2D eigenvalue weighted by Crippen LogP contribution is -2.32. The molecule has 2 N–H and O–H groups in total. The van der Waals surface area contributed by atoms with E-state index in [-0.39, 0.29) is 17.4 Å². The monoisotopic (exact) mass is 373 g/mol. The van der Waals surface area contributed by atoms with Crippen LogP contribution in [0.15, 0.2) is 10.5 Å². The Labute approximate surface area is 139 Å². The maximum absolute atomic E-state index is 11.8. The number of hydrogen-bond acceptors (Lipinski definition) is 4. The summed E-state index contributed by atoms with van der Waals surface area (Å²) in [4.78, 5) is 14.3. The summed E-state index contributed by atoms with van der Waals surface area (Å²) in [6, 6.07) is 2.11. The van der Waals surface area contributed by atoms with Gasteiger partial charge in [-0.2, -0.15) is 0 Å². The molecular formula is C16H24BrNO2S. The second kappa shape index (κ2) is 7.25. The molecule has 118 valence electrons. The van der Waals surface area contributed by atoms with Crippen LogP contribution in [0.2, 0.25) is 0 Å². The maximum Gasteiger partial charge on any atom is 0.306 e. The molecule has 0 spiro atoms. The summed E-state index contributed by atoms with van der Waals surface area (Å²) in [6.45, 7) is 2.09. The number of rotatable bonds is 5. The summed E-state index contributed by atoms with van der Waals surface area (Å²) in [5, 5.41) is 0. The Morgan fingerprint density at radius 1 is 1.48 bits per heavy atom. The van der Waals surface area contributed by atoms with E-state index in [1.165, 1.54) is 36.1 Å². The number of hydrogen-bond donors (Lipinski definition) is 1. The average Bonchev–Trinajstić information content (AvgIpc) is 2.78. The third-order valence-corrected chi connectivity index (χ3v) is 6.59. The van der Waals surface area contributed by atoms with Gasteiger partial charge in [0.25, 0.3) is 0 Å². The van der Waals surface area contributed by atoms with E-state index in [9.17, 15) is 4.79 Å². The maximum atomic E-state index is 11.8. The molecule has 1 aromatic heterocycles. The van der Waals surface area contributed by atoms with Gasteiger partial charge in [-0.25, -0.2) is 0 Å². The van der Waals surface area contributed by atoms with Crippen LogP contribution in [0, 0.1) is 12.3 Å². The molecule has 3 nitrogen and oxygen atoms in total. The minimum Gasteiger partial charge on any atom is -0.469 e. The molecule has 0 aromatic carbocycles. The summed E-state index contributed by atoms with van der Waals surface area (Å²) in [6.07, 6.45) is 7.16. The quantitative estimate of drug-likeness (QED) is 0.759. The summed E-state index contributed by atoms with van der Waals surface area (Å²) >= 11 is 5.35. The van der Waals surface area contributed by atoms with E-state index in [2.05, 4.69) is 28.9 Å². The number of carbonyl (C=O) groups is 1. The van der Waals surface area contributed by atoms with E-state index in [1.54, 1.807) is 11.3 Å². The molecule has 5 heteroatoms. The van der Waals surface area contributed by atoms with Crippen molar-refractivity contribution in [3.63, 3.8) is 0 Å². The largest absolute Gasteiger partial charge is 0.469 e. The van der Waals surface area contributed by atoms with Crippen molar-refractivity contribution in [3.8, 4) is 0 Å². The van der Waals surface area contributed by atoms with Crippen LogP contribution in [0.25, 0.3) is 0 Å². The fourth-order valence-corrected chi connectivity index (χ4v) is 5.39. The molecule has 0 aliphatic heterocycles. The first kappa shape index (κ1) is 17.0. The first-order valence-corrected chi connectivity index (χ1v) is 9.15. The van der Waals surface area contributed by atoms with Crippen LogP contribution in [0.1, 0.15) is 60.7 Å². The van der Waals surface area contributed by atoms with Crippen LogP contribution in [0.3, 0.4) is 0 Å². The molecule has 0 bridgehead atoms. The van der Waals surface area contributed by atoms with Gasteiger partial charge >= 0.3 is 5.97 Å². The van der Waals surface area contributed by atoms with E-state index < -0.39 is 0 Å². The van der Waals surface area contributed by atoms with Crippen molar-refractivity contribution < 1.29 is 9.53 Å². The van der Waals surface area contributed by atoms with Crippen molar-refractivity contribution in [2.75, 3.05) is 7.11 Å². The van der Waals surface area contributed by atoms with Gasteiger partial charge in [-0.15, -0.1) is 11.3 Å². The van der Waals surface area contributed by atoms with Gasteiger partial charge in [0.1, 0.15) is 0 Å². The van der Waals surface area contributed by atoms with Gasteiger partial charge in [0.15, 0.2) is 0 Å². The lowest BCUT2D eigenvalue weighted by molar-refractivity contribution is -0.144. The molecule has 0 saturated heterocycles. The Bertz CT molecular complexity index is 494. The summed E-state index contributed by atoms with van der Waals surface area (Å²) < 4.78 is 6.01. The fourth-order valence-electron chi connectivity index (χ4n) is 3.45. The summed E-state index contributed by atoms with van der Waals surface area (Å²) in [7, 11) is 1.47. The van der Waals surface area contributed by atoms with E-state index in [4.69, 9.17) is 10.5 Å². The normalized spacial score (nSPS) is 19.2. The third-order valence-electron chi connectivity index (χ3n) is 4.49. The number of nitrogens with two attached hydrogens (primary N) is 1. The van der Waals surface area contributed by atoms with Gasteiger partial charge in [0.2, 0.25) is 0 Å². The number of carbonyl (C=O) groups excluding carboxylic acids is 1. The van der Waals surface area contributed by atoms with Crippen LogP contribution < -0.4 is 5.73 Å². The van der Waals surface area contributed by atoms with Crippen LogP contribution in [0.5, 0.6) is 0 Å². The molecular weight excluding hydrogens is 350 g/mol. The van der Waals surface area contributed by atoms with E-state index in [1.807, 2.05) is 0 Å². The van der Waals surface area contributed by atoms with Crippen molar-refractivity contribution in [1.82, 2.24) is 0 Å². The average molecular weight is 374 g/mol. The van der Waals surface area contributed by atoms with Gasteiger partial charge in [0.05, 0.1) is 13.5 Å². The number of ether oxygens (including phenoxy) is 1. The zero-order chi connectivity index (χ0) is 15.5. The van der Waals surface area contributed by atoms with Crippen molar-refractivity contribution in [3.05, 3.63) is 20.3 Å². The second-order valence-corrected chi connectivity index (χ2v) is 8.34. The van der Waals surface area contributed by atoms with Crippen LogP contribution >= 0.6 is 27.3 Å². The highest BCUT2D eigenvalue weighted by molar-refractivity contribution is 9.10. The van der Waals surface area contributed by atoms with Gasteiger partial charge in [0, 0.05) is 20.3 Å². The molecule has 1 unspecified atom stereocenters. The van der Waals surface area contributed by atoms with E-state index in [0.29, 0.717) is 6.42 Å². The molecule has 1 fully saturated rings. The SMILES string of the molecule is COC(=O)CC1(CC(N)c2sc(C)cc2Br)CCCCC1. The lowest BCUT2D eigenvalue weighted by atomic mass is 9.68. The molecule has 0 amide bonds. The van der Waals surface area contributed by atoms with Crippen molar-refractivity contribution in [1.29, 1.82) is 0 Å². The van der Waals surface area contributed by atoms with Crippen molar-refractivity contribution in [2.24, 2.45) is 11.1 Å². The predicted octanol–water partition coefficient (Wildman–Crippen LogP) is 4.72. The topological polar surface area (TPSA) is 52.3 Å². The highest BCUT2D eigenvalue weighted by Gasteiger charge is 2.37. The Morgan fingerprint density at radius 2 is 2.14 bits per heavy atom. The third kappa shape index (κ3) is 4.30. The smallest absolute Gasteiger partial charge is 0.306 e. The zero-order valence-electron chi connectivity index (χ0n) is 12.8. The molecule has 21 heavy (non-hydrogen) atoms. The van der Waals surface area contributed by atoms with Gasteiger partial charge in [-0.05, 0) is 53.6 Å². The molecule has 1 atom stereocenters. The van der Waals surface area contributed by atoms with Crippen molar-refractivity contribution >= 4 is 33.2 Å². The first-order valence-electron chi connectivity index (χ1n) is 7.54. The van der Waals surface area contributed by atoms with Crippen LogP contribution in [-0.2, 0) is 9.53 Å². The number of aryl methyl sites for hydroxylation is 1. The summed E-state index contributed by atoms with van der Waals surface area (Å²) in [5.41, 5.74) is 6.49. The fraction of sp³-hybridized carbons (Fsp3) is 0.688. The molecule has 1 aliphatic rings. The molecule has 1 heterocycles. The predicted molar refractivity (Wildman–Crippen MR) is 90.5 cm³/mol. The van der Waals surface area contributed by atoms with Gasteiger partial charge in [-0.1, -0.05) is 19.3 Å². The summed E-state index contributed by atoms with van der Waals surface area (Å²) in [5.74, 6) is -0.106. The molecule has 1 saturated carbocycles. The standard InChI is InChI=1S/C16H24BrNO2S/c1-11-8-12(17)15(21-11)13(18)9-16(10-14(19)20-2)6-4-3-5-7-16/h8,13H,3-7,9-10,18H2,1-2H3. The van der Waals surface area contributed by atoms with E-state index >= 15 is 0 Å². The highest BCUT2D eigenvalue weighted by atomic mass is 79.9. The molecule has 0 radical (unpaired) electrons. The van der Waals surface area contributed by atoms with Gasteiger partial charge in [-0.3, -0.25) is 4.79 Å². The highest BCUT2D eigenvalue weighted by Crippen LogP contribution is 2.47. The Morgan fingerprint density at radius 3 is 2.67 bits per heavy atom.